The Morgan fingerprint density at radius 3 is 1.44 bits per heavy atom. The van der Waals surface area contributed by atoms with Crippen LogP contribution in [0.4, 0.5) is 0 Å². The highest BCUT2D eigenvalue weighted by atomic mass is 28.3. The first kappa shape index (κ1) is 12.6. The van der Waals surface area contributed by atoms with Gasteiger partial charge in [-0.1, -0.05) is 90.8 Å². The zero-order valence-corrected chi connectivity index (χ0v) is 11.8. The van der Waals surface area contributed by atoms with Crippen molar-refractivity contribution in [1.82, 2.24) is 0 Å². The van der Waals surface area contributed by atoms with Gasteiger partial charge in [-0.3, -0.25) is 0 Å². The Morgan fingerprint density at radius 1 is 0.667 bits per heavy atom. The molecule has 2 aromatic carbocycles. The Labute approximate surface area is 111 Å². The van der Waals surface area contributed by atoms with Gasteiger partial charge in [-0.15, -0.1) is 0 Å². The van der Waals surface area contributed by atoms with Crippen LogP contribution < -0.4 is 0 Å². The zero-order chi connectivity index (χ0) is 12.6. The van der Waals surface area contributed by atoms with E-state index in [1.807, 2.05) is 12.1 Å². The van der Waals surface area contributed by atoms with E-state index in [1.165, 1.54) is 11.1 Å². The molecule has 0 spiro atoms. The van der Waals surface area contributed by atoms with Gasteiger partial charge in [-0.25, -0.2) is 0 Å². The first-order valence-corrected chi connectivity index (χ1v) is 8.80. The standard InChI is InChI=1S/C17H18Si/c1-18(14-12-16-8-4-2-5-9-16)15-13-17-10-6-3-7-11-17/h2-15,18H,1H3. The maximum absolute atomic E-state index is 2.36. The van der Waals surface area contributed by atoms with Crippen molar-refractivity contribution >= 4 is 20.9 Å². The molecular weight excluding hydrogens is 232 g/mol. The van der Waals surface area contributed by atoms with Crippen molar-refractivity contribution in [2.24, 2.45) is 0 Å². The molecule has 0 radical (unpaired) electrons. The zero-order valence-electron chi connectivity index (χ0n) is 10.7. The lowest BCUT2D eigenvalue weighted by Crippen LogP contribution is -1.96. The molecule has 0 N–H and O–H groups in total. The SMILES string of the molecule is C[SiH](C=Cc1ccccc1)C=Cc1ccccc1. The Kier molecular flexibility index (Phi) is 4.74. The third-order valence-electron chi connectivity index (χ3n) is 2.78. The number of hydrogen-bond donors (Lipinski definition) is 0. The van der Waals surface area contributed by atoms with E-state index in [-0.39, 0.29) is 0 Å². The maximum atomic E-state index is 2.36. The summed E-state index contributed by atoms with van der Waals surface area (Å²) in [5.41, 5.74) is 7.28. The van der Waals surface area contributed by atoms with Crippen LogP contribution in [0.15, 0.2) is 72.1 Å². The van der Waals surface area contributed by atoms with Gasteiger partial charge < -0.3 is 0 Å². The minimum Gasteiger partial charge on any atom is -0.0932 e. The first-order valence-electron chi connectivity index (χ1n) is 6.31. The second-order valence-electron chi connectivity index (χ2n) is 4.40. The van der Waals surface area contributed by atoms with Gasteiger partial charge in [0.05, 0.1) is 8.80 Å². The summed E-state index contributed by atoms with van der Waals surface area (Å²) in [7, 11) is -0.903. The van der Waals surface area contributed by atoms with Crippen LogP contribution in [-0.2, 0) is 0 Å². The predicted molar refractivity (Wildman–Crippen MR) is 84.0 cm³/mol. The van der Waals surface area contributed by atoms with Gasteiger partial charge in [0, 0.05) is 0 Å². The second kappa shape index (κ2) is 6.77. The molecule has 0 aliphatic rings. The molecule has 0 aliphatic heterocycles. The van der Waals surface area contributed by atoms with Crippen LogP contribution >= 0.6 is 0 Å². The van der Waals surface area contributed by atoms with E-state index in [0.717, 1.165) is 0 Å². The minimum atomic E-state index is -0.903. The highest BCUT2D eigenvalue weighted by molar-refractivity contribution is 6.69. The molecule has 0 bridgehead atoms. The molecule has 0 nitrogen and oxygen atoms in total. The fourth-order valence-electron chi connectivity index (χ4n) is 1.72. The number of hydrogen-bond acceptors (Lipinski definition) is 0. The van der Waals surface area contributed by atoms with E-state index in [4.69, 9.17) is 0 Å². The molecule has 0 saturated carbocycles. The smallest absolute Gasteiger partial charge is 0.0823 e. The van der Waals surface area contributed by atoms with E-state index in [0.29, 0.717) is 0 Å². The lowest BCUT2D eigenvalue weighted by atomic mass is 10.2. The van der Waals surface area contributed by atoms with Gasteiger partial charge in [0.1, 0.15) is 0 Å². The van der Waals surface area contributed by atoms with E-state index >= 15 is 0 Å². The molecule has 1 heteroatoms. The molecule has 0 unspecified atom stereocenters. The van der Waals surface area contributed by atoms with Crippen LogP contribution in [-0.4, -0.2) is 8.80 Å². The van der Waals surface area contributed by atoms with Crippen molar-refractivity contribution in [2.75, 3.05) is 0 Å². The fraction of sp³-hybridized carbons (Fsp3) is 0.0588. The van der Waals surface area contributed by atoms with Crippen molar-refractivity contribution in [2.45, 2.75) is 6.55 Å². The highest BCUT2D eigenvalue weighted by Gasteiger charge is 1.92. The lowest BCUT2D eigenvalue weighted by molar-refractivity contribution is 1.66. The molecule has 0 aromatic heterocycles. The van der Waals surface area contributed by atoms with E-state index in [1.54, 1.807) is 0 Å². The van der Waals surface area contributed by atoms with E-state index in [9.17, 15) is 0 Å². The molecule has 90 valence electrons. The van der Waals surface area contributed by atoms with Crippen LogP contribution in [0, 0.1) is 0 Å². The Balaban J connectivity index is 1.95. The van der Waals surface area contributed by atoms with Crippen LogP contribution in [0.2, 0.25) is 6.55 Å². The molecule has 0 heterocycles. The maximum Gasteiger partial charge on any atom is 0.0823 e. The minimum absolute atomic E-state index is 0.903. The van der Waals surface area contributed by atoms with E-state index < -0.39 is 8.80 Å². The average Bonchev–Trinajstić information content (AvgIpc) is 2.45. The summed E-state index contributed by atoms with van der Waals surface area (Å²) < 4.78 is 0. The molecule has 0 atom stereocenters. The summed E-state index contributed by atoms with van der Waals surface area (Å²) >= 11 is 0. The largest absolute Gasteiger partial charge is 0.0932 e. The second-order valence-corrected chi connectivity index (χ2v) is 6.89. The summed E-state index contributed by atoms with van der Waals surface area (Å²) in [5, 5.41) is 0. The van der Waals surface area contributed by atoms with Crippen molar-refractivity contribution in [3.05, 3.63) is 83.2 Å². The number of benzene rings is 2. The Hall–Kier alpha value is -1.86. The van der Waals surface area contributed by atoms with Gasteiger partial charge >= 0.3 is 0 Å². The first-order chi connectivity index (χ1) is 8.84. The number of rotatable bonds is 4. The van der Waals surface area contributed by atoms with Gasteiger partial charge in [-0.2, -0.15) is 0 Å². The van der Waals surface area contributed by atoms with Crippen molar-refractivity contribution in [3.63, 3.8) is 0 Å². The monoisotopic (exact) mass is 250 g/mol. The molecule has 0 amide bonds. The highest BCUT2D eigenvalue weighted by Crippen LogP contribution is 2.05. The summed E-state index contributed by atoms with van der Waals surface area (Å²) in [6.07, 6.45) is 4.46. The Bertz CT molecular complexity index is 462. The molecule has 0 saturated heterocycles. The Morgan fingerprint density at radius 2 is 1.06 bits per heavy atom. The fourth-order valence-corrected chi connectivity index (χ4v) is 2.90. The summed E-state index contributed by atoms with van der Waals surface area (Å²) in [5.74, 6) is 0. The normalized spacial score (nSPS) is 13.2. The van der Waals surface area contributed by atoms with Gasteiger partial charge in [0.25, 0.3) is 0 Å². The third kappa shape index (κ3) is 4.19. The van der Waals surface area contributed by atoms with Crippen LogP contribution in [0.5, 0.6) is 0 Å². The van der Waals surface area contributed by atoms with Gasteiger partial charge in [-0.05, 0) is 11.1 Å². The van der Waals surface area contributed by atoms with Crippen molar-refractivity contribution in [1.29, 1.82) is 0 Å². The third-order valence-corrected chi connectivity index (χ3v) is 4.38. The molecule has 18 heavy (non-hydrogen) atoms. The summed E-state index contributed by atoms with van der Waals surface area (Å²) in [6.45, 7) is 2.33. The van der Waals surface area contributed by atoms with Crippen LogP contribution in [0.25, 0.3) is 12.2 Å². The molecule has 0 aliphatic carbocycles. The van der Waals surface area contributed by atoms with Gasteiger partial charge in [0.2, 0.25) is 0 Å². The van der Waals surface area contributed by atoms with E-state index in [2.05, 4.69) is 78.6 Å². The lowest BCUT2D eigenvalue weighted by Gasteiger charge is -1.97. The van der Waals surface area contributed by atoms with Crippen molar-refractivity contribution in [3.8, 4) is 0 Å². The quantitative estimate of drug-likeness (QED) is 0.708. The van der Waals surface area contributed by atoms with Crippen LogP contribution in [0.1, 0.15) is 11.1 Å². The molecule has 2 aromatic rings. The molecule has 2 rings (SSSR count). The topological polar surface area (TPSA) is 0 Å². The molecular formula is C17H18Si. The molecule has 0 fully saturated rings. The van der Waals surface area contributed by atoms with Gasteiger partial charge in [0.15, 0.2) is 0 Å². The van der Waals surface area contributed by atoms with Crippen molar-refractivity contribution < 1.29 is 0 Å². The summed E-state index contributed by atoms with van der Waals surface area (Å²) in [4.78, 5) is 0. The van der Waals surface area contributed by atoms with Crippen LogP contribution in [0.3, 0.4) is 0 Å². The average molecular weight is 250 g/mol. The predicted octanol–water partition coefficient (Wildman–Crippen LogP) is 4.35. The summed E-state index contributed by atoms with van der Waals surface area (Å²) in [6, 6.07) is 20.9.